The number of aromatic hydroxyl groups is 2. The lowest BCUT2D eigenvalue weighted by Crippen LogP contribution is -1.85. The Balaban J connectivity index is 0.000000159. The first kappa shape index (κ1) is 29.3. The quantitative estimate of drug-likeness (QED) is 0.197. The molecule has 6 aromatic rings. The topological polar surface area (TPSA) is 65.2 Å². The number of nitrogens with zero attached hydrogens (tertiary/aromatic N) is 2. The number of aliphatic imine (C=N–C) groups is 2. The van der Waals surface area contributed by atoms with Crippen molar-refractivity contribution < 1.29 is 10.2 Å². The third-order valence-electron chi connectivity index (χ3n) is 8.00. The van der Waals surface area contributed by atoms with E-state index in [1.807, 2.05) is 86.6 Å². The van der Waals surface area contributed by atoms with Crippen LogP contribution in [0.3, 0.4) is 0 Å². The molecule has 0 bridgehead atoms. The van der Waals surface area contributed by atoms with Crippen molar-refractivity contribution in [3.63, 3.8) is 0 Å². The van der Waals surface area contributed by atoms with E-state index in [1.54, 1.807) is 12.4 Å². The fraction of sp³-hybridized carbons (Fsp3) is 0.0732. The van der Waals surface area contributed by atoms with Crippen molar-refractivity contribution >= 4 is 23.8 Å². The van der Waals surface area contributed by atoms with Crippen LogP contribution in [-0.4, -0.2) is 22.6 Å². The molecule has 0 amide bonds. The Morgan fingerprint density at radius 3 is 1.69 bits per heavy atom. The second-order valence-corrected chi connectivity index (χ2v) is 11.1. The van der Waals surface area contributed by atoms with Gasteiger partial charge in [0.05, 0.1) is 11.4 Å². The van der Waals surface area contributed by atoms with E-state index in [1.165, 1.54) is 27.8 Å². The average Bonchev–Trinajstić information content (AvgIpc) is 3.45. The van der Waals surface area contributed by atoms with Gasteiger partial charge < -0.3 is 10.2 Å². The molecule has 0 unspecified atom stereocenters. The molecule has 6 aromatic carbocycles. The highest BCUT2D eigenvalue weighted by Crippen LogP contribution is 2.38. The zero-order valence-corrected chi connectivity index (χ0v) is 25.4. The van der Waals surface area contributed by atoms with Crippen LogP contribution in [0.15, 0.2) is 143 Å². The molecule has 220 valence electrons. The fourth-order valence-electron chi connectivity index (χ4n) is 5.44. The summed E-state index contributed by atoms with van der Waals surface area (Å²) in [6, 6.07) is 44.5. The molecule has 0 spiro atoms. The first-order valence-electron chi connectivity index (χ1n) is 15.0. The van der Waals surface area contributed by atoms with Crippen LogP contribution >= 0.6 is 0 Å². The van der Waals surface area contributed by atoms with Gasteiger partial charge in [0.2, 0.25) is 0 Å². The summed E-state index contributed by atoms with van der Waals surface area (Å²) in [5, 5.41) is 20.0. The summed E-state index contributed by atoms with van der Waals surface area (Å²) in [7, 11) is 0. The summed E-state index contributed by atoms with van der Waals surface area (Å²) in [5.41, 5.74) is 12.6. The number of hydrogen-bond acceptors (Lipinski definition) is 4. The fourth-order valence-corrected chi connectivity index (χ4v) is 5.44. The second kappa shape index (κ2) is 13.3. The van der Waals surface area contributed by atoms with E-state index in [4.69, 9.17) is 0 Å². The first-order valence-corrected chi connectivity index (χ1v) is 15.0. The molecule has 0 saturated carbocycles. The summed E-state index contributed by atoms with van der Waals surface area (Å²) < 4.78 is 0. The van der Waals surface area contributed by atoms with Crippen molar-refractivity contribution in [1.29, 1.82) is 0 Å². The molecule has 4 heteroatoms. The molecule has 1 aliphatic rings. The summed E-state index contributed by atoms with van der Waals surface area (Å²) in [5.74, 6) is 0.581. The second-order valence-electron chi connectivity index (χ2n) is 11.1. The van der Waals surface area contributed by atoms with Crippen LogP contribution in [0, 0.1) is 13.8 Å². The number of rotatable bonds is 5. The molecule has 0 fully saturated rings. The van der Waals surface area contributed by atoms with Gasteiger partial charge in [0.25, 0.3) is 0 Å². The Morgan fingerprint density at radius 2 is 1.02 bits per heavy atom. The Bertz CT molecular complexity index is 2010. The highest BCUT2D eigenvalue weighted by Gasteiger charge is 2.17. The standard InChI is InChI=1S/C21H17NO.C20H17NO/c1-14-5-4-7-16(21(14)23)13-22-18-9-10-20-17(12-18)11-15-6-2-3-8-19(15)20;1-15-6-5-9-18(20(15)22)14-21-19-12-10-17(11-13-19)16-7-3-2-4-8-16/h2-10,12-13,23H,11H2,1H3;2-14,22H,1H3. The van der Waals surface area contributed by atoms with Gasteiger partial charge in [-0.15, -0.1) is 0 Å². The van der Waals surface area contributed by atoms with Gasteiger partial charge in [0, 0.05) is 23.6 Å². The van der Waals surface area contributed by atoms with E-state index >= 15 is 0 Å². The molecule has 0 aliphatic heterocycles. The predicted octanol–water partition coefficient (Wildman–Crippen LogP) is 10.1. The van der Waals surface area contributed by atoms with Crippen LogP contribution in [-0.2, 0) is 6.42 Å². The van der Waals surface area contributed by atoms with Crippen LogP contribution in [0.1, 0.15) is 33.4 Å². The van der Waals surface area contributed by atoms with E-state index in [2.05, 4.69) is 70.6 Å². The van der Waals surface area contributed by atoms with Crippen LogP contribution < -0.4 is 0 Å². The molecule has 0 atom stereocenters. The summed E-state index contributed by atoms with van der Waals surface area (Å²) in [6.07, 6.45) is 4.39. The molecule has 0 aromatic heterocycles. The van der Waals surface area contributed by atoms with E-state index in [0.29, 0.717) is 5.75 Å². The number of hydrogen-bond donors (Lipinski definition) is 2. The maximum atomic E-state index is 10.1. The minimum absolute atomic E-state index is 0.284. The number of phenolic OH excluding ortho intramolecular Hbond substituents is 2. The van der Waals surface area contributed by atoms with Crippen LogP contribution in [0.25, 0.3) is 22.3 Å². The van der Waals surface area contributed by atoms with Crippen LogP contribution in [0.5, 0.6) is 11.5 Å². The Morgan fingerprint density at radius 1 is 0.489 bits per heavy atom. The third-order valence-corrected chi connectivity index (χ3v) is 8.00. The van der Waals surface area contributed by atoms with Crippen LogP contribution in [0.2, 0.25) is 0 Å². The molecule has 0 heterocycles. The smallest absolute Gasteiger partial charge is 0.127 e. The van der Waals surface area contributed by atoms with Gasteiger partial charge in [-0.1, -0.05) is 97.1 Å². The number of fused-ring (bicyclic) bond motifs is 3. The predicted molar refractivity (Wildman–Crippen MR) is 187 cm³/mol. The monoisotopic (exact) mass is 586 g/mol. The summed E-state index contributed by atoms with van der Waals surface area (Å²) >= 11 is 0. The Kier molecular flexibility index (Phi) is 8.65. The highest BCUT2D eigenvalue weighted by molar-refractivity contribution is 5.87. The molecule has 7 rings (SSSR count). The van der Waals surface area contributed by atoms with Gasteiger partial charge >= 0.3 is 0 Å². The highest BCUT2D eigenvalue weighted by atomic mass is 16.3. The Labute approximate surface area is 264 Å². The van der Waals surface area contributed by atoms with Gasteiger partial charge in [-0.25, -0.2) is 0 Å². The molecular formula is C41H34N2O2. The van der Waals surface area contributed by atoms with Crippen molar-refractivity contribution in [1.82, 2.24) is 0 Å². The van der Waals surface area contributed by atoms with Gasteiger partial charge in [0.15, 0.2) is 0 Å². The molecule has 45 heavy (non-hydrogen) atoms. The number of benzene rings is 6. The zero-order chi connectivity index (χ0) is 31.2. The number of para-hydroxylation sites is 2. The number of aryl methyl sites for hydroxylation is 2. The molecule has 0 saturated heterocycles. The largest absolute Gasteiger partial charge is 0.507 e. The molecular weight excluding hydrogens is 552 g/mol. The van der Waals surface area contributed by atoms with Crippen molar-refractivity contribution in [3.05, 3.63) is 167 Å². The number of phenols is 2. The molecule has 2 N–H and O–H groups in total. The molecule has 1 aliphatic carbocycles. The van der Waals surface area contributed by atoms with Gasteiger partial charge in [0.1, 0.15) is 11.5 Å². The van der Waals surface area contributed by atoms with E-state index in [9.17, 15) is 10.2 Å². The maximum Gasteiger partial charge on any atom is 0.127 e. The summed E-state index contributed by atoms with van der Waals surface area (Å²) in [6.45, 7) is 3.76. The van der Waals surface area contributed by atoms with Crippen molar-refractivity contribution in [2.24, 2.45) is 9.98 Å². The van der Waals surface area contributed by atoms with Gasteiger partial charge in [-0.2, -0.15) is 0 Å². The SMILES string of the molecule is Cc1cccc(C=Nc2ccc(-c3ccccc3)cc2)c1O.Cc1cccc(C=Nc2ccc3c(c2)Cc2ccccc2-3)c1O. The average molecular weight is 587 g/mol. The third kappa shape index (κ3) is 6.76. The van der Waals surface area contributed by atoms with Crippen LogP contribution in [0.4, 0.5) is 11.4 Å². The normalized spacial score (nSPS) is 11.7. The van der Waals surface area contributed by atoms with Gasteiger partial charge in [-0.05, 0) is 101 Å². The molecule has 4 nitrogen and oxygen atoms in total. The lowest BCUT2D eigenvalue weighted by molar-refractivity contribution is 0.470. The summed E-state index contributed by atoms with van der Waals surface area (Å²) in [4.78, 5) is 8.96. The first-order chi connectivity index (χ1) is 22.0. The lowest BCUT2D eigenvalue weighted by atomic mass is 10.1. The maximum absolute atomic E-state index is 10.1. The van der Waals surface area contributed by atoms with Crippen molar-refractivity contribution in [2.75, 3.05) is 0 Å². The lowest BCUT2D eigenvalue weighted by Gasteiger charge is -2.03. The van der Waals surface area contributed by atoms with E-state index < -0.39 is 0 Å². The van der Waals surface area contributed by atoms with Gasteiger partial charge in [-0.3, -0.25) is 9.98 Å². The van der Waals surface area contributed by atoms with Crippen molar-refractivity contribution in [3.8, 4) is 33.8 Å². The Hall–Kier alpha value is -5.74. The van der Waals surface area contributed by atoms with E-state index in [-0.39, 0.29) is 5.75 Å². The molecule has 0 radical (unpaired) electrons. The zero-order valence-electron chi connectivity index (χ0n) is 25.4. The minimum atomic E-state index is 0.284. The minimum Gasteiger partial charge on any atom is -0.507 e. The van der Waals surface area contributed by atoms with E-state index in [0.717, 1.165) is 45.6 Å². The van der Waals surface area contributed by atoms with Crippen molar-refractivity contribution in [2.45, 2.75) is 20.3 Å².